The number of benzene rings is 1. The topological polar surface area (TPSA) is 47.9 Å². The highest BCUT2D eigenvalue weighted by Gasteiger charge is 2.39. The third-order valence-corrected chi connectivity index (χ3v) is 5.85. The maximum Gasteiger partial charge on any atom is 0.114 e. The van der Waals surface area contributed by atoms with Crippen LogP contribution in [0.1, 0.15) is 77.3 Å². The molecule has 30 heavy (non-hydrogen) atoms. The van der Waals surface area contributed by atoms with Crippen LogP contribution in [0.3, 0.4) is 0 Å². The van der Waals surface area contributed by atoms with Crippen LogP contribution in [0.5, 0.6) is 0 Å². The lowest BCUT2D eigenvalue weighted by molar-refractivity contribution is -0.201. The summed E-state index contributed by atoms with van der Waals surface area (Å²) in [7, 11) is 1.63. The Kier molecular flexibility index (Phi) is 10.5. The summed E-state index contributed by atoms with van der Waals surface area (Å²) in [6.07, 6.45) is 9.72. The SMILES string of the molecule is CCCCCCCC=C[C@@H]1OC[C@@H](OCc2ccc(C(C)(C)C)cc2)[C@H](OC)[C@@H]1O. The summed E-state index contributed by atoms with van der Waals surface area (Å²) in [6.45, 7) is 9.75. The van der Waals surface area contributed by atoms with E-state index >= 15 is 0 Å². The monoisotopic (exact) mass is 418 g/mol. The molecule has 4 atom stereocenters. The first-order valence-electron chi connectivity index (χ1n) is 11.6. The normalized spacial score (nSPS) is 25.1. The lowest BCUT2D eigenvalue weighted by Crippen LogP contribution is -2.54. The smallest absolute Gasteiger partial charge is 0.114 e. The number of methoxy groups -OCH3 is 1. The maximum atomic E-state index is 10.7. The second kappa shape index (κ2) is 12.6. The standard InChI is InChI=1S/C26H42O4/c1-6-7-8-9-10-11-12-13-22-24(27)25(28-5)23(19-30-22)29-18-20-14-16-21(17-15-20)26(2,3)4/h12-17,22-25,27H,6-11,18-19H2,1-5H3/t22-,23+,24+,25-/m0/s1. The minimum Gasteiger partial charge on any atom is -0.387 e. The zero-order valence-corrected chi connectivity index (χ0v) is 19.6. The Morgan fingerprint density at radius 1 is 1.10 bits per heavy atom. The molecule has 1 aromatic rings. The minimum atomic E-state index is -0.728. The van der Waals surface area contributed by atoms with Gasteiger partial charge < -0.3 is 19.3 Å². The van der Waals surface area contributed by atoms with Crippen LogP contribution >= 0.6 is 0 Å². The largest absolute Gasteiger partial charge is 0.387 e. The molecule has 2 rings (SSSR count). The lowest BCUT2D eigenvalue weighted by Gasteiger charge is -2.38. The first-order valence-corrected chi connectivity index (χ1v) is 11.6. The summed E-state index contributed by atoms with van der Waals surface area (Å²) < 4.78 is 17.5. The van der Waals surface area contributed by atoms with Crippen LogP contribution in [-0.2, 0) is 26.2 Å². The van der Waals surface area contributed by atoms with Crippen LogP contribution in [0.25, 0.3) is 0 Å². The van der Waals surface area contributed by atoms with Crippen LogP contribution in [-0.4, -0.2) is 43.2 Å². The van der Waals surface area contributed by atoms with Gasteiger partial charge in [0.2, 0.25) is 0 Å². The molecule has 1 fully saturated rings. The van der Waals surface area contributed by atoms with Gasteiger partial charge in [-0.25, -0.2) is 0 Å². The Bertz CT molecular complexity index is 617. The van der Waals surface area contributed by atoms with Crippen molar-refractivity contribution in [2.75, 3.05) is 13.7 Å². The quantitative estimate of drug-likeness (QED) is 0.377. The Morgan fingerprint density at radius 2 is 1.80 bits per heavy atom. The summed E-state index contributed by atoms with van der Waals surface area (Å²) in [5.74, 6) is 0. The number of hydrogen-bond donors (Lipinski definition) is 1. The average molecular weight is 419 g/mol. The highest BCUT2D eigenvalue weighted by molar-refractivity contribution is 5.27. The number of aliphatic hydroxyl groups is 1. The van der Waals surface area contributed by atoms with Crippen molar-refractivity contribution in [1.29, 1.82) is 0 Å². The van der Waals surface area contributed by atoms with Crippen molar-refractivity contribution in [2.24, 2.45) is 0 Å². The molecule has 1 aliphatic rings. The van der Waals surface area contributed by atoms with E-state index in [2.05, 4.69) is 58.0 Å². The summed E-state index contributed by atoms with van der Waals surface area (Å²) >= 11 is 0. The molecule has 0 bridgehead atoms. The second-order valence-electron chi connectivity index (χ2n) is 9.42. The number of unbranched alkanes of at least 4 members (excludes halogenated alkanes) is 5. The van der Waals surface area contributed by atoms with E-state index < -0.39 is 12.2 Å². The van der Waals surface area contributed by atoms with Gasteiger partial charge in [-0.05, 0) is 29.4 Å². The highest BCUT2D eigenvalue weighted by Crippen LogP contribution is 2.25. The number of rotatable bonds is 11. The number of aliphatic hydroxyl groups excluding tert-OH is 1. The van der Waals surface area contributed by atoms with E-state index in [1.165, 1.54) is 37.7 Å². The van der Waals surface area contributed by atoms with E-state index in [-0.39, 0.29) is 17.6 Å². The maximum absolute atomic E-state index is 10.7. The van der Waals surface area contributed by atoms with Gasteiger partial charge >= 0.3 is 0 Å². The fourth-order valence-corrected chi connectivity index (χ4v) is 3.81. The first-order chi connectivity index (χ1) is 14.4. The van der Waals surface area contributed by atoms with Gasteiger partial charge in [-0.3, -0.25) is 0 Å². The lowest BCUT2D eigenvalue weighted by atomic mass is 9.87. The molecule has 0 aromatic heterocycles. The molecule has 1 saturated heterocycles. The summed E-state index contributed by atoms with van der Waals surface area (Å²) in [5.41, 5.74) is 2.55. The predicted octanol–water partition coefficient (Wildman–Crippen LogP) is 5.56. The van der Waals surface area contributed by atoms with Crippen molar-refractivity contribution in [3.63, 3.8) is 0 Å². The van der Waals surface area contributed by atoms with Crippen molar-refractivity contribution >= 4 is 0 Å². The molecular weight excluding hydrogens is 376 g/mol. The van der Waals surface area contributed by atoms with E-state index in [1.807, 2.05) is 6.08 Å². The summed E-state index contributed by atoms with van der Waals surface area (Å²) in [5, 5.41) is 10.7. The number of hydrogen-bond acceptors (Lipinski definition) is 4. The number of ether oxygens (including phenoxy) is 3. The van der Waals surface area contributed by atoms with Crippen molar-refractivity contribution in [3.05, 3.63) is 47.5 Å². The predicted molar refractivity (Wildman–Crippen MR) is 123 cm³/mol. The number of allylic oxidation sites excluding steroid dienone is 1. The highest BCUT2D eigenvalue weighted by atomic mass is 16.6. The van der Waals surface area contributed by atoms with Gasteiger partial charge in [0, 0.05) is 7.11 Å². The second-order valence-corrected chi connectivity index (χ2v) is 9.42. The van der Waals surface area contributed by atoms with E-state index in [9.17, 15) is 5.11 Å². The molecule has 170 valence electrons. The molecule has 0 aliphatic carbocycles. The van der Waals surface area contributed by atoms with Crippen LogP contribution in [0.15, 0.2) is 36.4 Å². The van der Waals surface area contributed by atoms with Gasteiger partial charge in [0.1, 0.15) is 24.4 Å². The molecule has 4 nitrogen and oxygen atoms in total. The fourth-order valence-electron chi connectivity index (χ4n) is 3.81. The summed E-state index contributed by atoms with van der Waals surface area (Å²) in [4.78, 5) is 0. The molecule has 1 N–H and O–H groups in total. The molecule has 0 radical (unpaired) electrons. The van der Waals surface area contributed by atoms with Crippen LogP contribution in [0, 0.1) is 0 Å². The Hall–Kier alpha value is -1.20. The third kappa shape index (κ3) is 7.81. The van der Waals surface area contributed by atoms with Gasteiger partial charge in [-0.2, -0.15) is 0 Å². The first kappa shape index (κ1) is 25.1. The van der Waals surface area contributed by atoms with Crippen LogP contribution < -0.4 is 0 Å². The van der Waals surface area contributed by atoms with E-state index in [4.69, 9.17) is 14.2 Å². The average Bonchev–Trinajstić information content (AvgIpc) is 2.72. The molecule has 0 amide bonds. The Morgan fingerprint density at radius 3 is 2.43 bits per heavy atom. The molecular formula is C26H42O4. The molecule has 1 aromatic carbocycles. The third-order valence-electron chi connectivity index (χ3n) is 5.85. The van der Waals surface area contributed by atoms with Gasteiger partial charge in [-0.15, -0.1) is 0 Å². The molecule has 4 heteroatoms. The van der Waals surface area contributed by atoms with E-state index in [1.54, 1.807) is 7.11 Å². The summed E-state index contributed by atoms with van der Waals surface area (Å²) in [6, 6.07) is 8.52. The van der Waals surface area contributed by atoms with Crippen molar-refractivity contribution < 1.29 is 19.3 Å². The zero-order chi connectivity index (χ0) is 22.0. The zero-order valence-electron chi connectivity index (χ0n) is 19.6. The Labute approximate surface area is 183 Å². The van der Waals surface area contributed by atoms with Crippen molar-refractivity contribution in [3.8, 4) is 0 Å². The van der Waals surface area contributed by atoms with E-state index in [0.717, 1.165) is 12.0 Å². The molecule has 0 unspecified atom stereocenters. The van der Waals surface area contributed by atoms with Crippen LogP contribution in [0.2, 0.25) is 0 Å². The van der Waals surface area contributed by atoms with Gasteiger partial charge in [0.05, 0.1) is 13.2 Å². The molecule has 0 spiro atoms. The fraction of sp³-hybridized carbons (Fsp3) is 0.692. The van der Waals surface area contributed by atoms with Gasteiger partial charge in [-0.1, -0.05) is 89.8 Å². The minimum absolute atomic E-state index is 0.139. The van der Waals surface area contributed by atoms with E-state index in [0.29, 0.717) is 13.2 Å². The molecule has 1 aliphatic heterocycles. The van der Waals surface area contributed by atoms with Crippen LogP contribution in [0.4, 0.5) is 0 Å². The van der Waals surface area contributed by atoms with Gasteiger partial charge in [0.25, 0.3) is 0 Å². The Balaban J connectivity index is 1.81. The van der Waals surface area contributed by atoms with Crippen molar-refractivity contribution in [2.45, 2.75) is 103 Å². The van der Waals surface area contributed by atoms with Gasteiger partial charge in [0.15, 0.2) is 0 Å². The molecule has 1 heterocycles. The molecule has 0 saturated carbocycles. The van der Waals surface area contributed by atoms with Crippen molar-refractivity contribution in [1.82, 2.24) is 0 Å².